The van der Waals surface area contributed by atoms with E-state index in [-0.39, 0.29) is 50.1 Å². The van der Waals surface area contributed by atoms with Crippen LogP contribution in [-0.2, 0) is 43.9 Å². The standard InChI is InChI=1S/C17H17NO3.Y/c1-12(11-13-5-3-2-4-6-13)16(19)18-15-9-7-14(8-10-15)17(20)21;/h2-10,12H,11H2,1H3,(H,18,19)(H,20,21);/t12-;/m1./s1. The van der Waals surface area contributed by atoms with Gasteiger partial charge < -0.3 is 10.4 Å². The molecule has 0 saturated carbocycles. The van der Waals surface area contributed by atoms with Crippen molar-refractivity contribution in [3.05, 3.63) is 65.7 Å². The molecule has 2 N–H and O–H groups in total. The third-order valence-electron chi connectivity index (χ3n) is 3.23. The monoisotopic (exact) mass is 372 g/mol. The number of rotatable bonds is 5. The molecular weight excluding hydrogens is 355 g/mol. The Morgan fingerprint density at radius 1 is 1.05 bits per heavy atom. The molecule has 2 aromatic carbocycles. The Morgan fingerprint density at radius 3 is 2.18 bits per heavy atom. The summed E-state index contributed by atoms with van der Waals surface area (Å²) in [6.07, 6.45) is 0.667. The first-order valence-corrected chi connectivity index (χ1v) is 6.74. The first-order valence-electron chi connectivity index (χ1n) is 6.74. The summed E-state index contributed by atoms with van der Waals surface area (Å²) in [6, 6.07) is 16.0. The molecule has 0 aliphatic heterocycles. The van der Waals surface area contributed by atoms with Crippen molar-refractivity contribution in [3.8, 4) is 0 Å². The predicted octanol–water partition coefficient (Wildman–Crippen LogP) is 3.20. The van der Waals surface area contributed by atoms with E-state index in [0.29, 0.717) is 12.1 Å². The van der Waals surface area contributed by atoms with E-state index in [1.165, 1.54) is 12.1 Å². The van der Waals surface area contributed by atoms with Gasteiger partial charge >= 0.3 is 5.97 Å². The SMILES string of the molecule is C[C@H](Cc1ccccc1)C(=O)Nc1ccc(C(=O)O)cc1.[Y]. The van der Waals surface area contributed by atoms with Crippen molar-refractivity contribution in [2.45, 2.75) is 13.3 Å². The molecule has 111 valence electrons. The van der Waals surface area contributed by atoms with Crippen molar-refractivity contribution in [3.63, 3.8) is 0 Å². The topological polar surface area (TPSA) is 66.4 Å². The number of amides is 1. The van der Waals surface area contributed by atoms with Gasteiger partial charge in [-0.3, -0.25) is 4.79 Å². The van der Waals surface area contributed by atoms with Crippen molar-refractivity contribution in [2.24, 2.45) is 5.92 Å². The fourth-order valence-electron chi connectivity index (χ4n) is 2.02. The van der Waals surface area contributed by atoms with Crippen LogP contribution in [-0.4, -0.2) is 17.0 Å². The minimum atomic E-state index is -0.981. The van der Waals surface area contributed by atoms with E-state index in [1.807, 2.05) is 37.3 Å². The van der Waals surface area contributed by atoms with Crippen LogP contribution in [0.25, 0.3) is 0 Å². The number of carboxylic acid groups (broad SMARTS) is 1. The Kier molecular flexibility index (Phi) is 7.42. The number of carbonyl (C=O) groups excluding carboxylic acids is 1. The van der Waals surface area contributed by atoms with Crippen molar-refractivity contribution in [1.29, 1.82) is 0 Å². The van der Waals surface area contributed by atoms with Gasteiger partial charge in [0.25, 0.3) is 0 Å². The minimum absolute atomic E-state index is 0. The molecular formula is C17H17NO3Y. The van der Waals surface area contributed by atoms with E-state index in [4.69, 9.17) is 5.11 Å². The number of carboxylic acids is 1. The molecule has 0 aliphatic rings. The van der Waals surface area contributed by atoms with Gasteiger partial charge in [-0.1, -0.05) is 37.3 Å². The van der Waals surface area contributed by atoms with Crippen LogP contribution >= 0.6 is 0 Å². The van der Waals surface area contributed by atoms with Crippen molar-refractivity contribution in [2.75, 3.05) is 5.32 Å². The number of carbonyl (C=O) groups is 2. The van der Waals surface area contributed by atoms with Gasteiger partial charge in [-0.25, -0.2) is 4.79 Å². The Morgan fingerprint density at radius 2 is 1.64 bits per heavy atom. The first kappa shape index (κ1) is 18.5. The average molecular weight is 372 g/mol. The van der Waals surface area contributed by atoms with Gasteiger partial charge in [0.15, 0.2) is 0 Å². The van der Waals surface area contributed by atoms with Gasteiger partial charge in [0, 0.05) is 44.3 Å². The fourth-order valence-corrected chi connectivity index (χ4v) is 2.02. The van der Waals surface area contributed by atoms with Gasteiger partial charge in [0.2, 0.25) is 5.91 Å². The van der Waals surface area contributed by atoms with Gasteiger partial charge in [0.1, 0.15) is 0 Å². The quantitative estimate of drug-likeness (QED) is 0.847. The molecule has 0 bridgehead atoms. The molecule has 22 heavy (non-hydrogen) atoms. The summed E-state index contributed by atoms with van der Waals surface area (Å²) in [5, 5.41) is 11.6. The van der Waals surface area contributed by atoms with Crippen molar-refractivity contribution >= 4 is 17.6 Å². The van der Waals surface area contributed by atoms with Crippen LogP contribution in [0.2, 0.25) is 0 Å². The molecule has 4 nitrogen and oxygen atoms in total. The molecule has 5 heteroatoms. The smallest absolute Gasteiger partial charge is 0.335 e. The second-order valence-electron chi connectivity index (χ2n) is 4.96. The van der Waals surface area contributed by atoms with Gasteiger partial charge in [-0.15, -0.1) is 0 Å². The average Bonchev–Trinajstić information content (AvgIpc) is 2.48. The summed E-state index contributed by atoms with van der Waals surface area (Å²) in [7, 11) is 0. The number of nitrogens with one attached hydrogen (secondary N) is 1. The van der Waals surface area contributed by atoms with Gasteiger partial charge in [-0.05, 0) is 36.2 Å². The second kappa shape index (κ2) is 8.81. The zero-order valence-electron chi connectivity index (χ0n) is 12.3. The van der Waals surface area contributed by atoms with Crippen LogP contribution < -0.4 is 5.32 Å². The molecule has 1 atom stereocenters. The molecule has 0 aliphatic carbocycles. The zero-order chi connectivity index (χ0) is 15.2. The number of anilines is 1. The minimum Gasteiger partial charge on any atom is -0.478 e. The molecule has 0 saturated heterocycles. The Balaban J connectivity index is 0.00000242. The third-order valence-corrected chi connectivity index (χ3v) is 3.23. The van der Waals surface area contributed by atoms with Crippen LogP contribution in [0.5, 0.6) is 0 Å². The molecule has 0 fully saturated rings. The summed E-state index contributed by atoms with van der Waals surface area (Å²) in [5.41, 5.74) is 1.91. The van der Waals surface area contributed by atoms with Crippen LogP contribution in [0.15, 0.2) is 54.6 Å². The number of hydrogen-bond donors (Lipinski definition) is 2. The molecule has 1 amide bonds. The van der Waals surface area contributed by atoms with Crippen LogP contribution in [0.3, 0.4) is 0 Å². The Hall–Kier alpha value is -1.52. The van der Waals surface area contributed by atoms with Crippen LogP contribution in [0.4, 0.5) is 5.69 Å². The van der Waals surface area contributed by atoms with E-state index in [0.717, 1.165) is 5.56 Å². The summed E-state index contributed by atoms with van der Waals surface area (Å²) < 4.78 is 0. The van der Waals surface area contributed by atoms with Crippen molar-refractivity contribution < 1.29 is 47.4 Å². The summed E-state index contributed by atoms with van der Waals surface area (Å²) >= 11 is 0. The Bertz CT molecular complexity index is 626. The molecule has 0 unspecified atom stereocenters. The maximum absolute atomic E-state index is 12.1. The molecule has 2 aromatic rings. The Labute approximate surface area is 154 Å². The van der Waals surface area contributed by atoms with E-state index < -0.39 is 5.97 Å². The summed E-state index contributed by atoms with van der Waals surface area (Å²) in [6.45, 7) is 1.87. The first-order chi connectivity index (χ1) is 10.1. The van der Waals surface area contributed by atoms with E-state index in [1.54, 1.807) is 12.1 Å². The number of hydrogen-bond acceptors (Lipinski definition) is 2. The maximum atomic E-state index is 12.1. The predicted molar refractivity (Wildman–Crippen MR) is 81.3 cm³/mol. The molecule has 1 radical (unpaired) electrons. The van der Waals surface area contributed by atoms with Crippen LogP contribution in [0.1, 0.15) is 22.8 Å². The number of benzene rings is 2. The van der Waals surface area contributed by atoms with E-state index >= 15 is 0 Å². The molecule has 0 heterocycles. The third kappa shape index (κ3) is 5.35. The maximum Gasteiger partial charge on any atom is 0.335 e. The molecule has 2 rings (SSSR count). The van der Waals surface area contributed by atoms with Gasteiger partial charge in [-0.2, -0.15) is 0 Å². The van der Waals surface area contributed by atoms with Gasteiger partial charge in [0.05, 0.1) is 5.56 Å². The van der Waals surface area contributed by atoms with Crippen LogP contribution in [0, 0.1) is 5.92 Å². The van der Waals surface area contributed by atoms with E-state index in [2.05, 4.69) is 5.32 Å². The zero-order valence-corrected chi connectivity index (χ0v) is 15.2. The normalized spacial score (nSPS) is 11.1. The van der Waals surface area contributed by atoms with E-state index in [9.17, 15) is 9.59 Å². The second-order valence-corrected chi connectivity index (χ2v) is 4.96. The van der Waals surface area contributed by atoms with Crippen molar-refractivity contribution in [1.82, 2.24) is 0 Å². The molecule has 0 spiro atoms. The fraction of sp³-hybridized carbons (Fsp3) is 0.176. The number of aromatic carboxylic acids is 1. The largest absolute Gasteiger partial charge is 0.478 e. The summed E-state index contributed by atoms with van der Waals surface area (Å²) in [5.74, 6) is -1.22. The molecule has 0 aromatic heterocycles. The summed E-state index contributed by atoms with van der Waals surface area (Å²) in [4.78, 5) is 22.9.